The van der Waals surface area contributed by atoms with Crippen LogP contribution in [0.2, 0.25) is 0 Å². The van der Waals surface area contributed by atoms with Crippen LogP contribution in [0.4, 0.5) is 0 Å². The number of aliphatic hydroxyl groups is 1. The van der Waals surface area contributed by atoms with Crippen molar-refractivity contribution in [3.63, 3.8) is 0 Å². The van der Waals surface area contributed by atoms with Gasteiger partial charge in [0.2, 0.25) is 0 Å². The largest absolute Gasteiger partial charge is 0.465 e. The highest BCUT2D eigenvalue weighted by Crippen LogP contribution is 2.69. The molecule has 2 saturated carbocycles. The van der Waals surface area contributed by atoms with E-state index in [1.807, 2.05) is 27.7 Å². The predicted octanol–water partition coefficient (Wildman–Crippen LogP) is 2.88. The number of esters is 4. The number of rotatable bonds is 9. The number of hydrogen-bond donors (Lipinski definition) is 1. The van der Waals surface area contributed by atoms with E-state index in [1.54, 1.807) is 0 Å². The van der Waals surface area contributed by atoms with E-state index in [0.717, 1.165) is 0 Å². The summed E-state index contributed by atoms with van der Waals surface area (Å²) in [6.07, 6.45) is 1.44. The van der Waals surface area contributed by atoms with Crippen LogP contribution in [0.1, 0.15) is 73.6 Å². The van der Waals surface area contributed by atoms with Crippen molar-refractivity contribution in [3.05, 3.63) is 11.6 Å². The number of fused-ring (bicyclic) bond motifs is 2. The molecule has 1 N–H and O–H groups in total. The second-order valence-electron chi connectivity index (χ2n) is 12.2. The van der Waals surface area contributed by atoms with Crippen LogP contribution in [0.15, 0.2) is 11.6 Å². The molecular formula is C29H42O10. The number of aliphatic hydroxyl groups excluding tert-OH is 1. The molecule has 2 aliphatic heterocycles. The number of cyclic esters (lactones) is 1. The standard InChI is InChI=1S/C29H42O10/c1-7-16(2)26(34)39-22-8-9-28(14-37-28)29(15-36-18(4)30)23(38-19(5)31)10-17(3)27(6,25(22)29)12-21(32)20-11-24(33)35-13-20/h11,16-17,21-23,25,32H,7-10,12-15H2,1-6H3/t16-,17+,21-,22+,23-,25+,27-,28-,29+/m0/s1. The van der Waals surface area contributed by atoms with Crippen LogP contribution >= 0.6 is 0 Å². The first-order valence-electron chi connectivity index (χ1n) is 14.0. The van der Waals surface area contributed by atoms with Crippen LogP contribution in [0.25, 0.3) is 0 Å². The number of ether oxygens (including phenoxy) is 5. The van der Waals surface area contributed by atoms with Crippen molar-refractivity contribution in [2.24, 2.45) is 28.6 Å². The van der Waals surface area contributed by atoms with Gasteiger partial charge in [-0.3, -0.25) is 14.4 Å². The zero-order valence-electron chi connectivity index (χ0n) is 23.8. The van der Waals surface area contributed by atoms with Gasteiger partial charge >= 0.3 is 23.9 Å². The van der Waals surface area contributed by atoms with E-state index in [1.165, 1.54) is 19.9 Å². The van der Waals surface area contributed by atoms with Crippen LogP contribution in [-0.2, 0) is 42.9 Å². The number of hydrogen-bond acceptors (Lipinski definition) is 10. The van der Waals surface area contributed by atoms with Gasteiger partial charge in [0, 0.05) is 31.4 Å². The Hall–Kier alpha value is -2.46. The maximum atomic E-state index is 13.1. The zero-order chi connectivity index (χ0) is 28.8. The summed E-state index contributed by atoms with van der Waals surface area (Å²) < 4.78 is 29.1. The topological polar surface area (TPSA) is 138 Å². The summed E-state index contributed by atoms with van der Waals surface area (Å²) in [4.78, 5) is 49.4. The first kappa shape index (κ1) is 29.5. The summed E-state index contributed by atoms with van der Waals surface area (Å²) in [5, 5.41) is 11.3. The summed E-state index contributed by atoms with van der Waals surface area (Å²) in [5.74, 6) is -2.66. The van der Waals surface area contributed by atoms with Crippen LogP contribution in [-0.4, -0.2) is 72.7 Å². The number of carbonyl (C=O) groups excluding carboxylic acids is 4. The third kappa shape index (κ3) is 5.22. The first-order chi connectivity index (χ1) is 18.3. The lowest BCUT2D eigenvalue weighted by Gasteiger charge is -2.64. The van der Waals surface area contributed by atoms with Crippen molar-refractivity contribution in [2.75, 3.05) is 19.8 Å². The molecule has 1 spiro atoms. The van der Waals surface area contributed by atoms with Gasteiger partial charge in [-0.25, -0.2) is 4.79 Å². The Morgan fingerprint density at radius 1 is 1.21 bits per heavy atom. The molecule has 0 aromatic rings. The van der Waals surface area contributed by atoms with Crippen LogP contribution in [0.3, 0.4) is 0 Å². The minimum atomic E-state index is -1.01. The van der Waals surface area contributed by atoms with E-state index >= 15 is 0 Å². The van der Waals surface area contributed by atoms with Gasteiger partial charge < -0.3 is 28.8 Å². The van der Waals surface area contributed by atoms with Crippen molar-refractivity contribution in [1.82, 2.24) is 0 Å². The highest BCUT2D eigenvalue weighted by Gasteiger charge is 2.77. The van der Waals surface area contributed by atoms with Crippen molar-refractivity contribution in [1.29, 1.82) is 0 Å². The molecule has 10 heteroatoms. The average molecular weight is 551 g/mol. The van der Waals surface area contributed by atoms with Gasteiger partial charge in [-0.05, 0) is 43.4 Å². The van der Waals surface area contributed by atoms with E-state index in [9.17, 15) is 24.3 Å². The Balaban J connectivity index is 1.85. The molecule has 39 heavy (non-hydrogen) atoms. The number of epoxide rings is 1. The van der Waals surface area contributed by atoms with Crippen LogP contribution in [0.5, 0.6) is 0 Å². The van der Waals surface area contributed by atoms with Crippen molar-refractivity contribution < 1.29 is 48.0 Å². The van der Waals surface area contributed by atoms with Crippen LogP contribution < -0.4 is 0 Å². The molecule has 0 unspecified atom stereocenters. The molecule has 0 aromatic heterocycles. The quantitative estimate of drug-likeness (QED) is 0.259. The molecule has 0 amide bonds. The maximum absolute atomic E-state index is 13.1. The van der Waals surface area contributed by atoms with E-state index in [-0.39, 0.29) is 37.4 Å². The molecule has 3 fully saturated rings. The molecule has 218 valence electrons. The maximum Gasteiger partial charge on any atom is 0.331 e. The van der Waals surface area contributed by atoms with Gasteiger partial charge in [-0.15, -0.1) is 0 Å². The molecule has 4 rings (SSSR count). The highest BCUT2D eigenvalue weighted by atomic mass is 16.6. The molecule has 1 saturated heterocycles. The van der Waals surface area contributed by atoms with E-state index in [0.29, 0.717) is 37.9 Å². The first-order valence-corrected chi connectivity index (χ1v) is 14.0. The lowest BCUT2D eigenvalue weighted by atomic mass is 9.42. The molecule has 9 atom stereocenters. The molecule has 0 bridgehead atoms. The van der Waals surface area contributed by atoms with Gasteiger partial charge in [-0.1, -0.05) is 27.7 Å². The van der Waals surface area contributed by atoms with E-state index in [4.69, 9.17) is 23.7 Å². The van der Waals surface area contributed by atoms with E-state index < -0.39 is 58.6 Å². The van der Waals surface area contributed by atoms with Crippen molar-refractivity contribution >= 4 is 23.9 Å². The molecule has 0 radical (unpaired) electrons. The Bertz CT molecular complexity index is 1030. The Labute approximate surface area is 229 Å². The molecule has 4 aliphatic rings. The lowest BCUT2D eigenvalue weighted by molar-refractivity contribution is -0.259. The number of carbonyl (C=O) groups is 4. The van der Waals surface area contributed by atoms with Gasteiger partial charge in [0.1, 0.15) is 31.0 Å². The smallest absolute Gasteiger partial charge is 0.331 e. The molecule has 2 heterocycles. The van der Waals surface area contributed by atoms with Gasteiger partial charge in [0.25, 0.3) is 0 Å². The highest BCUT2D eigenvalue weighted by molar-refractivity contribution is 5.85. The summed E-state index contributed by atoms with van der Waals surface area (Å²) in [5.41, 5.74) is -1.95. The summed E-state index contributed by atoms with van der Waals surface area (Å²) in [7, 11) is 0. The predicted molar refractivity (Wildman–Crippen MR) is 137 cm³/mol. The summed E-state index contributed by atoms with van der Waals surface area (Å²) in [6.45, 7) is 10.8. The molecule has 10 nitrogen and oxygen atoms in total. The Morgan fingerprint density at radius 3 is 2.44 bits per heavy atom. The summed E-state index contributed by atoms with van der Waals surface area (Å²) in [6, 6.07) is 0. The third-order valence-electron chi connectivity index (χ3n) is 9.93. The fourth-order valence-corrected chi connectivity index (χ4v) is 7.41. The second-order valence-corrected chi connectivity index (χ2v) is 12.2. The fourth-order valence-electron chi connectivity index (χ4n) is 7.41. The molecule has 0 aromatic carbocycles. The van der Waals surface area contributed by atoms with E-state index in [2.05, 4.69) is 0 Å². The monoisotopic (exact) mass is 550 g/mol. The molecule has 2 aliphatic carbocycles. The van der Waals surface area contributed by atoms with Crippen LogP contribution in [0, 0.1) is 28.6 Å². The zero-order valence-corrected chi connectivity index (χ0v) is 23.8. The Morgan fingerprint density at radius 2 is 1.90 bits per heavy atom. The average Bonchev–Trinajstić information content (AvgIpc) is 3.52. The fraction of sp³-hybridized carbons (Fsp3) is 0.793. The third-order valence-corrected chi connectivity index (χ3v) is 9.93. The minimum Gasteiger partial charge on any atom is -0.465 e. The van der Waals surface area contributed by atoms with Gasteiger partial charge in [0.15, 0.2) is 0 Å². The summed E-state index contributed by atoms with van der Waals surface area (Å²) >= 11 is 0. The van der Waals surface area contributed by atoms with Gasteiger partial charge in [-0.2, -0.15) is 0 Å². The van der Waals surface area contributed by atoms with Crippen molar-refractivity contribution in [2.45, 2.75) is 97.6 Å². The normalized spacial score (nSPS) is 38.6. The minimum absolute atomic E-state index is 0.0171. The van der Waals surface area contributed by atoms with Gasteiger partial charge in [0.05, 0.1) is 24.0 Å². The Kier molecular flexibility index (Phi) is 8.21. The second kappa shape index (κ2) is 10.8. The SMILES string of the molecule is CC[C@H](C)C(=O)O[C@@H]1CC[C@]2(CO2)[C@]2(COC(C)=O)[C@@H](OC(C)=O)C[C@@H](C)[C@](C)(C[C@H](O)C3=CC(=O)OC3)[C@@H]12. The lowest BCUT2D eigenvalue weighted by Crippen LogP contribution is -2.71. The molecular weight excluding hydrogens is 508 g/mol. The van der Waals surface area contributed by atoms with Crippen molar-refractivity contribution in [3.8, 4) is 0 Å².